The number of carbonyl (C=O) groups is 1. The highest BCUT2D eigenvalue weighted by atomic mass is 16.2. The molecule has 1 aromatic heterocycles. The minimum Gasteiger partial charge on any atom is -0.350 e. The van der Waals surface area contributed by atoms with Gasteiger partial charge in [0.2, 0.25) is 5.95 Å². The average Bonchev–Trinajstić information content (AvgIpc) is 3.02. The maximum atomic E-state index is 13.1. The summed E-state index contributed by atoms with van der Waals surface area (Å²) < 4.78 is 0. The van der Waals surface area contributed by atoms with Crippen LogP contribution >= 0.6 is 0 Å². The van der Waals surface area contributed by atoms with Crippen LogP contribution in [0.15, 0.2) is 60.8 Å². The van der Waals surface area contributed by atoms with Crippen molar-refractivity contribution in [1.82, 2.24) is 9.97 Å². The van der Waals surface area contributed by atoms with E-state index in [1.807, 2.05) is 29.2 Å². The largest absolute Gasteiger partial charge is 0.350 e. The molecule has 1 aliphatic rings. The van der Waals surface area contributed by atoms with Crippen LogP contribution in [0.3, 0.4) is 0 Å². The van der Waals surface area contributed by atoms with E-state index in [2.05, 4.69) is 53.4 Å². The van der Waals surface area contributed by atoms with E-state index in [1.54, 1.807) is 12.3 Å². The molecule has 4 rings (SSSR count). The summed E-state index contributed by atoms with van der Waals surface area (Å²) in [7, 11) is 0. The Morgan fingerprint density at radius 2 is 2.04 bits per heavy atom. The predicted octanol–water partition coefficient (Wildman–Crippen LogP) is 3.99. The van der Waals surface area contributed by atoms with Crippen LogP contribution in [0.1, 0.15) is 34.1 Å². The summed E-state index contributed by atoms with van der Waals surface area (Å²) in [5, 5.41) is 3.21. The van der Waals surface area contributed by atoms with E-state index < -0.39 is 0 Å². The van der Waals surface area contributed by atoms with Crippen LogP contribution in [-0.2, 0) is 13.0 Å². The number of anilines is 2. The van der Waals surface area contributed by atoms with Crippen molar-refractivity contribution in [3.05, 3.63) is 83.2 Å². The fraction of sp³-hybridized carbons (Fsp3) is 0.227. The smallest absolute Gasteiger partial charge is 0.277 e. The highest BCUT2D eigenvalue weighted by Gasteiger charge is 2.31. The molecule has 1 atom stereocenters. The molecule has 2 aromatic carbocycles. The Bertz CT molecular complexity index is 985. The van der Waals surface area contributed by atoms with Crippen molar-refractivity contribution in [2.45, 2.75) is 32.9 Å². The molecular weight excluding hydrogens is 336 g/mol. The first-order valence-electron chi connectivity index (χ1n) is 9.16. The lowest BCUT2D eigenvalue weighted by molar-refractivity contribution is 0.0976. The number of aryl methyl sites for hydroxylation is 1. The highest BCUT2D eigenvalue weighted by molar-refractivity contribution is 6.06. The number of carbonyl (C=O) groups excluding carboxylic acids is 1. The zero-order valence-corrected chi connectivity index (χ0v) is 15.5. The number of aromatic nitrogens is 2. The van der Waals surface area contributed by atoms with Crippen molar-refractivity contribution in [2.24, 2.45) is 0 Å². The molecule has 1 N–H and O–H groups in total. The van der Waals surface area contributed by atoms with E-state index in [-0.39, 0.29) is 11.9 Å². The fourth-order valence-corrected chi connectivity index (χ4v) is 3.56. The Morgan fingerprint density at radius 3 is 2.89 bits per heavy atom. The monoisotopic (exact) mass is 358 g/mol. The second kappa shape index (κ2) is 7.19. The van der Waals surface area contributed by atoms with Crippen molar-refractivity contribution in [3.8, 4) is 0 Å². The van der Waals surface area contributed by atoms with Gasteiger partial charge in [-0.1, -0.05) is 48.0 Å². The molecule has 5 heteroatoms. The molecule has 0 saturated heterocycles. The van der Waals surface area contributed by atoms with Crippen LogP contribution in [0.4, 0.5) is 11.6 Å². The lowest BCUT2D eigenvalue weighted by atomic mass is 10.1. The van der Waals surface area contributed by atoms with Gasteiger partial charge in [0, 0.05) is 24.5 Å². The van der Waals surface area contributed by atoms with Crippen LogP contribution in [0.25, 0.3) is 0 Å². The van der Waals surface area contributed by atoms with Gasteiger partial charge in [0.15, 0.2) is 0 Å². The van der Waals surface area contributed by atoms with Gasteiger partial charge in [-0.15, -0.1) is 0 Å². The van der Waals surface area contributed by atoms with Crippen LogP contribution < -0.4 is 10.2 Å². The Morgan fingerprint density at radius 1 is 1.19 bits per heavy atom. The number of amides is 1. The number of nitrogens with one attached hydrogen (secondary N) is 1. The highest BCUT2D eigenvalue weighted by Crippen LogP contribution is 2.32. The number of hydrogen-bond acceptors (Lipinski definition) is 4. The summed E-state index contributed by atoms with van der Waals surface area (Å²) in [6.45, 7) is 4.74. The van der Waals surface area contributed by atoms with Gasteiger partial charge >= 0.3 is 0 Å². The molecule has 0 saturated carbocycles. The maximum absolute atomic E-state index is 13.1. The molecule has 0 aliphatic carbocycles. The molecule has 0 spiro atoms. The Hall–Kier alpha value is -3.21. The number of fused-ring (bicyclic) bond motifs is 1. The van der Waals surface area contributed by atoms with Crippen LogP contribution in [0.2, 0.25) is 0 Å². The van der Waals surface area contributed by atoms with Crippen molar-refractivity contribution in [3.63, 3.8) is 0 Å². The molecule has 1 unspecified atom stereocenters. The number of para-hydroxylation sites is 1. The van der Waals surface area contributed by atoms with Gasteiger partial charge < -0.3 is 10.2 Å². The topological polar surface area (TPSA) is 58.1 Å². The first-order chi connectivity index (χ1) is 13.1. The zero-order valence-electron chi connectivity index (χ0n) is 15.5. The molecule has 0 bridgehead atoms. The summed E-state index contributed by atoms with van der Waals surface area (Å²) in [5.41, 5.74) is 4.94. The minimum atomic E-state index is -0.0894. The lowest BCUT2D eigenvalue weighted by Gasteiger charge is -2.22. The van der Waals surface area contributed by atoms with E-state index >= 15 is 0 Å². The van der Waals surface area contributed by atoms with Gasteiger partial charge in [-0.25, -0.2) is 9.97 Å². The number of hydrogen-bond donors (Lipinski definition) is 1. The standard InChI is InChI=1S/C22H22N4O/c1-15-6-5-7-17(12-15)14-24-22-23-11-10-19(25-22)21(27)26-16(2)13-18-8-3-4-9-20(18)26/h3-12,16H,13-14H2,1-2H3,(H,23,24,25). The third-order valence-electron chi connectivity index (χ3n) is 4.83. The second-order valence-corrected chi connectivity index (χ2v) is 6.97. The third-order valence-corrected chi connectivity index (χ3v) is 4.83. The predicted molar refractivity (Wildman–Crippen MR) is 107 cm³/mol. The molecule has 136 valence electrons. The number of nitrogens with zero attached hydrogens (tertiary/aromatic N) is 3. The SMILES string of the molecule is Cc1cccc(CNc2nccc(C(=O)N3c4ccccc4CC3C)n2)c1. The first-order valence-corrected chi connectivity index (χ1v) is 9.16. The van der Waals surface area contributed by atoms with E-state index in [0.29, 0.717) is 18.2 Å². The van der Waals surface area contributed by atoms with E-state index in [1.165, 1.54) is 11.1 Å². The first kappa shape index (κ1) is 17.2. The molecule has 1 aliphatic heterocycles. The molecule has 0 radical (unpaired) electrons. The van der Waals surface area contributed by atoms with Gasteiger partial charge in [-0.3, -0.25) is 4.79 Å². The summed E-state index contributed by atoms with van der Waals surface area (Å²) in [4.78, 5) is 23.6. The van der Waals surface area contributed by atoms with Crippen molar-refractivity contribution in [1.29, 1.82) is 0 Å². The van der Waals surface area contributed by atoms with E-state index in [9.17, 15) is 4.79 Å². The summed E-state index contributed by atoms with van der Waals surface area (Å²) in [5.74, 6) is 0.371. The minimum absolute atomic E-state index is 0.0894. The van der Waals surface area contributed by atoms with E-state index in [0.717, 1.165) is 17.7 Å². The van der Waals surface area contributed by atoms with E-state index in [4.69, 9.17) is 0 Å². The zero-order chi connectivity index (χ0) is 18.8. The Kier molecular flexibility index (Phi) is 4.59. The molecule has 0 fully saturated rings. The van der Waals surface area contributed by atoms with Gasteiger partial charge in [0.25, 0.3) is 5.91 Å². The summed E-state index contributed by atoms with van der Waals surface area (Å²) in [6, 6.07) is 18.1. The average molecular weight is 358 g/mol. The molecule has 3 aromatic rings. The van der Waals surface area contributed by atoms with Crippen LogP contribution in [0.5, 0.6) is 0 Å². The summed E-state index contributed by atoms with van der Waals surface area (Å²) >= 11 is 0. The van der Waals surface area contributed by atoms with Crippen LogP contribution in [0, 0.1) is 6.92 Å². The van der Waals surface area contributed by atoms with Gasteiger partial charge in [0.1, 0.15) is 5.69 Å². The normalized spacial score (nSPS) is 15.5. The van der Waals surface area contributed by atoms with Crippen LogP contribution in [-0.4, -0.2) is 21.9 Å². The third kappa shape index (κ3) is 3.53. The molecule has 27 heavy (non-hydrogen) atoms. The second-order valence-electron chi connectivity index (χ2n) is 6.97. The van der Waals surface area contributed by atoms with Gasteiger partial charge in [0.05, 0.1) is 0 Å². The Labute approximate surface area is 159 Å². The van der Waals surface area contributed by atoms with Crippen molar-refractivity contribution >= 4 is 17.5 Å². The maximum Gasteiger partial charge on any atom is 0.277 e. The molecule has 1 amide bonds. The molecular formula is C22H22N4O. The quantitative estimate of drug-likeness (QED) is 0.766. The number of benzene rings is 2. The molecule has 5 nitrogen and oxygen atoms in total. The Balaban J connectivity index is 1.53. The van der Waals surface area contributed by atoms with Gasteiger partial charge in [-0.2, -0.15) is 0 Å². The fourth-order valence-electron chi connectivity index (χ4n) is 3.56. The van der Waals surface area contributed by atoms with Crippen molar-refractivity contribution in [2.75, 3.05) is 10.2 Å². The lowest BCUT2D eigenvalue weighted by Crippen LogP contribution is -2.36. The number of rotatable bonds is 4. The van der Waals surface area contributed by atoms with Gasteiger partial charge in [-0.05, 0) is 43.5 Å². The molecule has 2 heterocycles. The summed E-state index contributed by atoms with van der Waals surface area (Å²) in [6.07, 6.45) is 2.50. The van der Waals surface area contributed by atoms with Crippen molar-refractivity contribution < 1.29 is 4.79 Å².